The minimum atomic E-state index is -1.39. The second-order valence-corrected chi connectivity index (χ2v) is 4.23. The van der Waals surface area contributed by atoms with Crippen LogP contribution in [0.3, 0.4) is 0 Å². The fraction of sp³-hybridized carbons (Fsp3) is 0. The van der Waals surface area contributed by atoms with Gasteiger partial charge >= 0.3 is 11.9 Å². The Morgan fingerprint density at radius 1 is 1.00 bits per heavy atom. The van der Waals surface area contributed by atoms with E-state index < -0.39 is 17.0 Å². The highest BCUT2D eigenvalue weighted by atomic mass is 16.7. The molecule has 22 heavy (non-hydrogen) atoms. The van der Waals surface area contributed by atoms with Crippen molar-refractivity contribution in [2.45, 2.75) is 0 Å². The van der Waals surface area contributed by atoms with Crippen LogP contribution in [0.15, 0.2) is 48.5 Å². The van der Waals surface area contributed by atoms with Gasteiger partial charge in [-0.1, -0.05) is 23.2 Å². The molecule has 0 fully saturated rings. The molecule has 0 aliphatic carbocycles. The minimum Gasteiger partial charge on any atom is -0.478 e. The molecule has 0 amide bonds. The number of nitro groups is 1. The minimum absolute atomic E-state index is 0.109. The molecule has 8 nitrogen and oxygen atoms in total. The highest BCUT2D eigenvalue weighted by molar-refractivity contribution is 5.98. The molecule has 112 valence electrons. The van der Waals surface area contributed by atoms with Gasteiger partial charge in [0.25, 0.3) is 0 Å². The van der Waals surface area contributed by atoms with Crippen molar-refractivity contribution in [2.75, 3.05) is 5.01 Å². The first-order valence-electron chi connectivity index (χ1n) is 6.02. The Kier molecular flexibility index (Phi) is 4.03. The van der Waals surface area contributed by atoms with Crippen molar-refractivity contribution in [1.29, 1.82) is 0 Å². The fourth-order valence-corrected chi connectivity index (χ4v) is 1.91. The average Bonchev–Trinajstić information content (AvgIpc) is 2.47. The smallest absolute Gasteiger partial charge is 0.338 e. The van der Waals surface area contributed by atoms with Gasteiger partial charge in [-0.25, -0.2) is 19.7 Å². The van der Waals surface area contributed by atoms with E-state index in [2.05, 4.69) is 0 Å². The molecule has 0 aliphatic rings. The highest BCUT2D eigenvalue weighted by Crippen LogP contribution is 2.29. The molecular formula is C14H10N2O6. The van der Waals surface area contributed by atoms with E-state index in [9.17, 15) is 24.8 Å². The van der Waals surface area contributed by atoms with Crippen LogP contribution in [-0.4, -0.2) is 27.2 Å². The number of carboxylic acids is 2. The first-order chi connectivity index (χ1) is 10.4. The van der Waals surface area contributed by atoms with Crippen molar-refractivity contribution in [2.24, 2.45) is 0 Å². The number of hydrazine groups is 1. The molecule has 2 rings (SSSR count). The molecular weight excluding hydrogens is 292 g/mol. The second-order valence-electron chi connectivity index (χ2n) is 4.23. The van der Waals surface area contributed by atoms with Gasteiger partial charge in [0.2, 0.25) is 0 Å². The Bertz CT molecular complexity index is 744. The Morgan fingerprint density at radius 2 is 1.64 bits per heavy atom. The number of rotatable bonds is 5. The van der Waals surface area contributed by atoms with Crippen molar-refractivity contribution < 1.29 is 24.8 Å². The quantitative estimate of drug-likeness (QED) is 0.642. The number of para-hydroxylation sites is 1. The summed E-state index contributed by atoms with van der Waals surface area (Å²) in [4.78, 5) is 33.6. The van der Waals surface area contributed by atoms with Gasteiger partial charge in [-0.15, -0.1) is 0 Å². The van der Waals surface area contributed by atoms with Crippen LogP contribution in [0.4, 0.5) is 11.4 Å². The lowest BCUT2D eigenvalue weighted by Crippen LogP contribution is -2.26. The summed E-state index contributed by atoms with van der Waals surface area (Å²) in [5, 5.41) is 29.3. The van der Waals surface area contributed by atoms with E-state index in [-0.39, 0.29) is 22.5 Å². The monoisotopic (exact) mass is 302 g/mol. The maximum Gasteiger partial charge on any atom is 0.338 e. The van der Waals surface area contributed by atoms with Crippen LogP contribution in [0.25, 0.3) is 0 Å². The van der Waals surface area contributed by atoms with Gasteiger partial charge in [0.05, 0.1) is 11.1 Å². The van der Waals surface area contributed by atoms with Gasteiger partial charge in [-0.2, -0.15) is 0 Å². The summed E-state index contributed by atoms with van der Waals surface area (Å²) >= 11 is 0. The van der Waals surface area contributed by atoms with Gasteiger partial charge < -0.3 is 10.2 Å². The molecule has 0 aliphatic heterocycles. The van der Waals surface area contributed by atoms with Crippen LogP contribution < -0.4 is 5.01 Å². The zero-order chi connectivity index (χ0) is 16.3. The van der Waals surface area contributed by atoms with Gasteiger partial charge in [-0.3, -0.25) is 0 Å². The summed E-state index contributed by atoms with van der Waals surface area (Å²) in [5.74, 6) is -2.70. The molecule has 2 N–H and O–H groups in total. The molecule has 0 atom stereocenters. The van der Waals surface area contributed by atoms with E-state index in [1.54, 1.807) is 18.2 Å². The molecule has 0 bridgehead atoms. The summed E-state index contributed by atoms with van der Waals surface area (Å²) in [6.07, 6.45) is 0. The molecule has 2 aromatic carbocycles. The van der Waals surface area contributed by atoms with Crippen molar-refractivity contribution in [3.63, 3.8) is 0 Å². The van der Waals surface area contributed by atoms with E-state index in [0.717, 1.165) is 18.2 Å². The lowest BCUT2D eigenvalue weighted by atomic mass is 10.1. The average molecular weight is 302 g/mol. The summed E-state index contributed by atoms with van der Waals surface area (Å²) in [5.41, 5.74) is -0.838. The summed E-state index contributed by atoms with van der Waals surface area (Å²) in [7, 11) is 0. The Labute approximate surface area is 124 Å². The van der Waals surface area contributed by atoms with Crippen LogP contribution in [0.2, 0.25) is 0 Å². The molecule has 0 aromatic heterocycles. The van der Waals surface area contributed by atoms with E-state index in [4.69, 9.17) is 5.11 Å². The largest absolute Gasteiger partial charge is 0.478 e. The number of nitrogens with zero attached hydrogens (tertiary/aromatic N) is 2. The van der Waals surface area contributed by atoms with Gasteiger partial charge in [0, 0.05) is 0 Å². The van der Waals surface area contributed by atoms with Gasteiger partial charge in [-0.05, 0) is 30.3 Å². The lowest BCUT2D eigenvalue weighted by Gasteiger charge is -2.16. The van der Waals surface area contributed by atoms with E-state index in [1.807, 2.05) is 0 Å². The topological polar surface area (TPSA) is 121 Å². The molecule has 0 spiro atoms. The zero-order valence-corrected chi connectivity index (χ0v) is 11.0. The first kappa shape index (κ1) is 15.0. The molecule has 0 saturated carbocycles. The highest BCUT2D eigenvalue weighted by Gasteiger charge is 2.27. The predicted octanol–water partition coefficient (Wildman–Crippen LogP) is 2.41. The fourth-order valence-electron chi connectivity index (χ4n) is 1.91. The summed E-state index contributed by atoms with van der Waals surface area (Å²) < 4.78 is 0. The molecule has 0 saturated heterocycles. The third-order valence-electron chi connectivity index (χ3n) is 2.87. The normalized spacial score (nSPS) is 10.0. The molecule has 0 radical (unpaired) electrons. The number of hydrogen-bond acceptors (Lipinski definition) is 4. The molecule has 0 heterocycles. The third kappa shape index (κ3) is 2.85. The van der Waals surface area contributed by atoms with Crippen LogP contribution in [0.1, 0.15) is 20.7 Å². The predicted molar refractivity (Wildman–Crippen MR) is 75.9 cm³/mol. The standard InChI is InChI=1S/C14H10N2O6/c17-13(18)9-6-7-11(14(19)20)12(8-9)15(16(21)22)10-4-2-1-3-5-10/h1-8H,(H,17,18)(H,19,20). The van der Waals surface area contributed by atoms with Crippen molar-refractivity contribution in [1.82, 2.24) is 0 Å². The van der Waals surface area contributed by atoms with Crippen LogP contribution in [-0.2, 0) is 0 Å². The number of carboxylic acid groups (broad SMARTS) is 2. The van der Waals surface area contributed by atoms with Crippen LogP contribution in [0.5, 0.6) is 0 Å². The molecule has 8 heteroatoms. The number of hydrogen-bond donors (Lipinski definition) is 2. The number of aromatic carboxylic acids is 2. The SMILES string of the molecule is O=C(O)c1ccc(C(=O)O)c(N(c2ccccc2)[N+](=O)[O-])c1. The molecule has 2 aromatic rings. The van der Waals surface area contributed by atoms with Crippen LogP contribution >= 0.6 is 0 Å². The Morgan fingerprint density at radius 3 is 2.14 bits per heavy atom. The number of anilines is 2. The van der Waals surface area contributed by atoms with Crippen molar-refractivity contribution in [3.05, 3.63) is 69.8 Å². The van der Waals surface area contributed by atoms with Crippen molar-refractivity contribution in [3.8, 4) is 0 Å². The Hall–Kier alpha value is -3.42. The van der Waals surface area contributed by atoms with E-state index in [0.29, 0.717) is 5.01 Å². The number of carbonyl (C=O) groups is 2. The van der Waals surface area contributed by atoms with E-state index in [1.165, 1.54) is 12.1 Å². The number of benzene rings is 2. The van der Waals surface area contributed by atoms with Crippen LogP contribution in [0, 0.1) is 10.1 Å². The second kappa shape index (κ2) is 5.92. The lowest BCUT2D eigenvalue weighted by molar-refractivity contribution is -0.483. The maximum absolute atomic E-state index is 11.3. The van der Waals surface area contributed by atoms with Gasteiger partial charge in [0.15, 0.2) is 5.03 Å². The van der Waals surface area contributed by atoms with E-state index >= 15 is 0 Å². The Balaban J connectivity index is 2.69. The molecule has 0 unspecified atom stereocenters. The summed E-state index contributed by atoms with van der Waals surface area (Å²) in [6, 6.07) is 10.7. The maximum atomic E-state index is 11.3. The zero-order valence-electron chi connectivity index (χ0n) is 11.0. The third-order valence-corrected chi connectivity index (χ3v) is 2.87. The first-order valence-corrected chi connectivity index (χ1v) is 6.02. The summed E-state index contributed by atoms with van der Waals surface area (Å²) in [6.45, 7) is 0. The van der Waals surface area contributed by atoms with Crippen molar-refractivity contribution >= 4 is 23.3 Å². The van der Waals surface area contributed by atoms with Gasteiger partial charge in [0.1, 0.15) is 11.4 Å².